The number of rotatable bonds is 3. The van der Waals surface area contributed by atoms with E-state index in [1.807, 2.05) is 0 Å². The number of hydrogen-bond donors (Lipinski definition) is 4. The van der Waals surface area contributed by atoms with Crippen LogP contribution in [0.3, 0.4) is 0 Å². The van der Waals surface area contributed by atoms with Crippen molar-refractivity contribution in [1.82, 2.24) is 0 Å². The molecule has 0 radical (unpaired) electrons. The van der Waals surface area contributed by atoms with Gasteiger partial charge in [-0.05, 0) is 0 Å². The van der Waals surface area contributed by atoms with Crippen LogP contribution < -0.4 is 36.3 Å². The molecule has 5 nitrogen and oxygen atoms in total. The van der Waals surface area contributed by atoms with Crippen LogP contribution in [-0.4, -0.2) is 10.8 Å². The van der Waals surface area contributed by atoms with Crippen LogP contribution in [0, 0.1) is 5.53 Å². The van der Waals surface area contributed by atoms with E-state index < -0.39 is 21.5 Å². The van der Waals surface area contributed by atoms with E-state index in [9.17, 15) is 0 Å². The molecule has 0 saturated carbocycles. The van der Waals surface area contributed by atoms with Gasteiger partial charge in [-0.15, -0.1) is 0 Å². The van der Waals surface area contributed by atoms with Crippen molar-refractivity contribution in [2.45, 2.75) is 0 Å². The number of hydrogen-bond acceptors (Lipinski definition) is 4. The first-order valence-electron chi connectivity index (χ1n) is 3.86. The zero-order valence-electron chi connectivity index (χ0n) is 7.71. The molecule has 6 N–H and O–H groups in total. The van der Waals surface area contributed by atoms with E-state index in [-0.39, 0.29) is 0 Å². The minimum absolute atomic E-state index is 0.615. The Morgan fingerprint density at radius 3 is 2.79 bits per heavy atom. The Morgan fingerprint density at radius 1 is 1.50 bits per heavy atom. The van der Waals surface area contributed by atoms with Crippen LogP contribution in [0.5, 0.6) is 0 Å². The summed E-state index contributed by atoms with van der Waals surface area (Å²) < 4.78 is 3.23. The number of benzene rings is 1. The van der Waals surface area contributed by atoms with E-state index in [0.717, 1.165) is 9.28 Å². The van der Waals surface area contributed by atoms with Crippen molar-refractivity contribution in [2.24, 2.45) is 4.99 Å². The molecule has 0 atom stereocenters. The molecule has 0 aliphatic rings. The summed E-state index contributed by atoms with van der Waals surface area (Å²) in [4.78, 5) is 4.10. The van der Waals surface area contributed by atoms with E-state index in [2.05, 4.69) is 8.32 Å². The number of halogens is 1. The first-order chi connectivity index (χ1) is 6.69. The number of nitrogen functional groups attached to an aromatic ring is 2. The number of nitrogens with zero attached hydrogens (tertiary/aromatic N) is 1. The molecule has 0 aromatic heterocycles. The zero-order valence-corrected chi connectivity index (χ0v) is 9.87. The van der Waals surface area contributed by atoms with Gasteiger partial charge in [-0.1, -0.05) is 0 Å². The van der Waals surface area contributed by atoms with Gasteiger partial charge in [0.2, 0.25) is 0 Å². The summed E-state index contributed by atoms with van der Waals surface area (Å²) in [6.45, 7) is 0. The molecule has 0 aliphatic heterocycles. The molecular weight excluding hydrogens is 293 g/mol. The van der Waals surface area contributed by atoms with Crippen LogP contribution in [0.1, 0.15) is 5.56 Å². The first-order valence-corrected chi connectivity index (χ1v) is 6.02. The fourth-order valence-corrected chi connectivity index (χ4v) is 2.27. The Kier molecular flexibility index (Phi) is 3.81. The average Bonchev–Trinajstić information content (AvgIpc) is 2.18. The molecule has 1 aromatic carbocycles. The topological polar surface area (TPSA) is 102 Å². The second-order valence-corrected chi connectivity index (χ2v) is 4.65. The summed E-state index contributed by atoms with van der Waals surface area (Å²) >= 11 is -0.615. The molecule has 0 amide bonds. The normalized spacial score (nSPS) is 11.6. The number of aliphatic imine (C=N–C) groups is 1. The van der Waals surface area contributed by atoms with Crippen molar-refractivity contribution < 1.29 is 24.8 Å². The van der Waals surface area contributed by atoms with Gasteiger partial charge >= 0.3 is 92.7 Å². The van der Waals surface area contributed by atoms with Crippen molar-refractivity contribution in [3.63, 3.8) is 0 Å². The summed E-state index contributed by atoms with van der Waals surface area (Å²) in [6, 6.07) is 5.29. The second kappa shape index (κ2) is 4.89. The standard InChI is InChI=1S/C8H12IN5/c1-13-8(9-14-12)6-4-5(10)2-3-7(6)11/h2-4,12,14H,10-11H2,1H3. The van der Waals surface area contributed by atoms with E-state index in [1.54, 1.807) is 25.2 Å². The second-order valence-electron chi connectivity index (χ2n) is 2.55. The van der Waals surface area contributed by atoms with Crippen LogP contribution in [0.2, 0.25) is 0 Å². The fourth-order valence-electron chi connectivity index (χ4n) is 1.01. The van der Waals surface area contributed by atoms with Crippen LogP contribution in [0.25, 0.3) is 0 Å². The molecule has 6 heteroatoms. The summed E-state index contributed by atoms with van der Waals surface area (Å²) in [6.07, 6.45) is 0. The van der Waals surface area contributed by atoms with Crippen LogP contribution >= 0.6 is 0 Å². The Labute approximate surface area is 92.7 Å². The Balaban J connectivity index is 3.15. The van der Waals surface area contributed by atoms with E-state index >= 15 is 0 Å². The van der Waals surface area contributed by atoms with Crippen molar-refractivity contribution in [3.8, 4) is 0 Å². The molecule has 1 aromatic rings. The van der Waals surface area contributed by atoms with Gasteiger partial charge in [0, 0.05) is 0 Å². The van der Waals surface area contributed by atoms with Crippen LogP contribution in [0.4, 0.5) is 11.4 Å². The molecule has 0 saturated heterocycles. The molecule has 76 valence electrons. The van der Waals surface area contributed by atoms with E-state index in [0.29, 0.717) is 11.4 Å². The molecule has 0 fully saturated rings. The van der Waals surface area contributed by atoms with Gasteiger partial charge in [0.15, 0.2) is 0 Å². The molecule has 0 spiro atoms. The van der Waals surface area contributed by atoms with Gasteiger partial charge in [0.1, 0.15) is 0 Å². The predicted molar refractivity (Wildman–Crippen MR) is 51.4 cm³/mol. The van der Waals surface area contributed by atoms with Crippen molar-refractivity contribution in [1.29, 1.82) is 5.53 Å². The maximum absolute atomic E-state index is 6.96. The molecular formula is C8H12IN5. The molecule has 1 rings (SSSR count). The maximum atomic E-state index is 6.96. The molecule has 14 heavy (non-hydrogen) atoms. The number of nitrogens with two attached hydrogens (primary N) is 2. The summed E-state index contributed by atoms with van der Waals surface area (Å²) in [7, 11) is 1.69. The summed E-state index contributed by atoms with van der Waals surface area (Å²) in [5.74, 6) is 0. The quantitative estimate of drug-likeness (QED) is 0.152. The van der Waals surface area contributed by atoms with Gasteiger partial charge < -0.3 is 0 Å². The van der Waals surface area contributed by atoms with Gasteiger partial charge in [-0.25, -0.2) is 0 Å². The Hall–Kier alpha value is -1.18. The molecule has 0 bridgehead atoms. The van der Waals surface area contributed by atoms with Gasteiger partial charge in [0.25, 0.3) is 0 Å². The Bertz CT molecular complexity index is 374. The molecule has 0 heterocycles. The van der Waals surface area contributed by atoms with Gasteiger partial charge in [-0.2, -0.15) is 0 Å². The molecule has 0 unspecified atom stereocenters. The number of nitrogens with one attached hydrogen (secondary N) is 2. The van der Waals surface area contributed by atoms with Crippen molar-refractivity contribution >= 4 is 15.1 Å². The summed E-state index contributed by atoms with van der Waals surface area (Å²) in [5.41, 5.74) is 20.5. The van der Waals surface area contributed by atoms with Crippen LogP contribution in [0.15, 0.2) is 23.2 Å². The monoisotopic (exact) mass is 305 g/mol. The van der Waals surface area contributed by atoms with E-state index in [1.165, 1.54) is 0 Å². The summed E-state index contributed by atoms with van der Waals surface area (Å²) in [5, 5.41) is 0. The SMILES string of the molecule is CN=C([I-][NH+]=N)c1cc(N)ccc1N. The van der Waals surface area contributed by atoms with Gasteiger partial charge in [-0.3, -0.25) is 0 Å². The predicted octanol–water partition coefficient (Wildman–Crippen LogP) is -3.66. The first kappa shape index (κ1) is 10.9. The average molecular weight is 305 g/mol. The van der Waals surface area contributed by atoms with Crippen molar-refractivity contribution in [2.75, 3.05) is 18.5 Å². The third-order valence-corrected chi connectivity index (χ3v) is 3.48. The number of anilines is 2. The van der Waals surface area contributed by atoms with Crippen LogP contribution in [-0.2, 0) is 0 Å². The third-order valence-electron chi connectivity index (χ3n) is 1.63. The zero-order chi connectivity index (χ0) is 10.6. The molecule has 0 aliphatic carbocycles. The van der Waals surface area contributed by atoms with Gasteiger partial charge in [0.05, 0.1) is 0 Å². The fraction of sp³-hybridized carbons (Fsp3) is 0.125. The van der Waals surface area contributed by atoms with E-state index in [4.69, 9.17) is 17.0 Å². The Morgan fingerprint density at radius 2 is 2.21 bits per heavy atom. The van der Waals surface area contributed by atoms with Crippen molar-refractivity contribution in [3.05, 3.63) is 23.8 Å². The third kappa shape index (κ3) is 2.41. The minimum atomic E-state index is -0.615.